The first kappa shape index (κ1) is 14.5. The Bertz CT molecular complexity index is 702. The monoisotopic (exact) mass is 317 g/mol. The van der Waals surface area contributed by atoms with Crippen molar-refractivity contribution in [1.29, 1.82) is 0 Å². The fraction of sp³-hybridized carbons (Fsp3) is 0.500. The van der Waals surface area contributed by atoms with Gasteiger partial charge in [-0.05, 0) is 30.7 Å². The number of piperidine rings is 1. The smallest absolute Gasteiger partial charge is 0.231 e. The van der Waals surface area contributed by atoms with Gasteiger partial charge in [-0.1, -0.05) is 6.07 Å². The highest BCUT2D eigenvalue weighted by Crippen LogP contribution is 2.37. The number of aryl methyl sites for hydroxylation is 1. The SMILES string of the molecule is Cc1nnc(CN2CC[C@@H](c3ccc4c(c3)OCO4)[C@H](O)C2)o1. The third-order valence-electron chi connectivity index (χ3n) is 4.42. The van der Waals surface area contributed by atoms with Crippen molar-refractivity contribution in [2.45, 2.75) is 31.9 Å². The van der Waals surface area contributed by atoms with Crippen molar-refractivity contribution in [3.05, 3.63) is 35.5 Å². The summed E-state index contributed by atoms with van der Waals surface area (Å²) in [6.07, 6.45) is 0.432. The van der Waals surface area contributed by atoms with Gasteiger partial charge in [-0.25, -0.2) is 0 Å². The van der Waals surface area contributed by atoms with E-state index in [1.54, 1.807) is 6.92 Å². The summed E-state index contributed by atoms with van der Waals surface area (Å²) >= 11 is 0. The first-order valence-electron chi connectivity index (χ1n) is 7.78. The summed E-state index contributed by atoms with van der Waals surface area (Å²) in [6.45, 7) is 4.07. The molecule has 1 aromatic heterocycles. The third-order valence-corrected chi connectivity index (χ3v) is 4.42. The third kappa shape index (κ3) is 2.89. The molecule has 1 N–H and O–H groups in total. The number of β-amino-alcohol motifs (C(OH)–C–C–N with tert-alkyl or cyclic N) is 1. The average Bonchev–Trinajstić information content (AvgIpc) is 3.15. The molecule has 1 fully saturated rings. The lowest BCUT2D eigenvalue weighted by Crippen LogP contribution is -2.42. The molecule has 0 radical (unpaired) electrons. The predicted molar refractivity (Wildman–Crippen MR) is 80.2 cm³/mol. The zero-order chi connectivity index (χ0) is 15.8. The van der Waals surface area contributed by atoms with Crippen molar-refractivity contribution < 1.29 is 19.0 Å². The standard InChI is InChI=1S/C16H19N3O4/c1-10-17-18-16(23-10)8-19-5-4-12(13(20)7-19)11-2-3-14-15(6-11)22-9-21-14/h2-3,6,12-13,20H,4-5,7-9H2,1H3/t12-,13+/m0/s1. The van der Waals surface area contributed by atoms with Gasteiger partial charge in [-0.2, -0.15) is 0 Å². The van der Waals surface area contributed by atoms with Crippen molar-refractivity contribution in [3.8, 4) is 11.5 Å². The van der Waals surface area contributed by atoms with E-state index in [1.807, 2.05) is 18.2 Å². The number of benzene rings is 1. The zero-order valence-corrected chi connectivity index (χ0v) is 12.9. The molecule has 0 unspecified atom stereocenters. The van der Waals surface area contributed by atoms with Gasteiger partial charge in [0.15, 0.2) is 11.5 Å². The molecule has 4 rings (SSSR count). The normalized spacial score (nSPS) is 24.1. The molecule has 122 valence electrons. The maximum atomic E-state index is 10.5. The highest BCUT2D eigenvalue weighted by molar-refractivity contribution is 5.45. The van der Waals surface area contributed by atoms with Crippen LogP contribution in [0, 0.1) is 6.92 Å². The molecule has 2 aliphatic rings. The second-order valence-corrected chi connectivity index (χ2v) is 6.03. The van der Waals surface area contributed by atoms with Gasteiger partial charge in [-0.3, -0.25) is 4.90 Å². The van der Waals surface area contributed by atoms with Gasteiger partial charge < -0.3 is 19.0 Å². The van der Waals surface area contributed by atoms with Crippen molar-refractivity contribution in [3.63, 3.8) is 0 Å². The van der Waals surface area contributed by atoms with Crippen LogP contribution in [0.5, 0.6) is 11.5 Å². The Kier molecular flexibility index (Phi) is 3.66. The van der Waals surface area contributed by atoms with Gasteiger partial charge in [0.05, 0.1) is 12.6 Å². The summed E-state index contributed by atoms with van der Waals surface area (Å²) in [5.74, 6) is 2.79. The molecule has 0 bridgehead atoms. The van der Waals surface area contributed by atoms with E-state index >= 15 is 0 Å². The number of rotatable bonds is 3. The number of hydrogen-bond acceptors (Lipinski definition) is 7. The summed E-state index contributed by atoms with van der Waals surface area (Å²) in [5.41, 5.74) is 1.09. The highest BCUT2D eigenvalue weighted by atomic mass is 16.7. The van der Waals surface area contributed by atoms with Crippen molar-refractivity contribution in [1.82, 2.24) is 15.1 Å². The number of nitrogens with zero attached hydrogens (tertiary/aromatic N) is 3. The van der Waals surface area contributed by atoms with Gasteiger partial charge in [0.2, 0.25) is 18.6 Å². The van der Waals surface area contributed by atoms with Crippen molar-refractivity contribution in [2.24, 2.45) is 0 Å². The molecule has 7 heteroatoms. The lowest BCUT2D eigenvalue weighted by Gasteiger charge is -2.35. The Morgan fingerprint density at radius 1 is 1.26 bits per heavy atom. The van der Waals surface area contributed by atoms with Crippen molar-refractivity contribution in [2.75, 3.05) is 19.9 Å². The molecule has 2 atom stereocenters. The van der Waals surface area contributed by atoms with Crippen LogP contribution in [-0.2, 0) is 6.54 Å². The highest BCUT2D eigenvalue weighted by Gasteiger charge is 2.30. The Morgan fingerprint density at radius 3 is 2.91 bits per heavy atom. The first-order chi connectivity index (χ1) is 11.2. The lowest BCUT2D eigenvalue weighted by atomic mass is 9.87. The molecule has 23 heavy (non-hydrogen) atoms. The number of aliphatic hydroxyl groups excluding tert-OH is 1. The van der Waals surface area contributed by atoms with Crippen LogP contribution < -0.4 is 9.47 Å². The van der Waals surface area contributed by atoms with E-state index < -0.39 is 6.10 Å². The molecule has 0 saturated carbocycles. The largest absolute Gasteiger partial charge is 0.454 e. The molecule has 2 aliphatic heterocycles. The Hall–Kier alpha value is -2.12. The first-order valence-corrected chi connectivity index (χ1v) is 7.78. The zero-order valence-electron chi connectivity index (χ0n) is 12.9. The number of likely N-dealkylation sites (tertiary alicyclic amines) is 1. The maximum Gasteiger partial charge on any atom is 0.231 e. The molecule has 0 spiro atoms. The summed E-state index contributed by atoms with van der Waals surface area (Å²) in [6, 6.07) is 5.91. The van der Waals surface area contributed by atoms with Crippen LogP contribution in [0.25, 0.3) is 0 Å². The lowest BCUT2D eigenvalue weighted by molar-refractivity contribution is 0.0437. The molecule has 0 amide bonds. The van der Waals surface area contributed by atoms with Gasteiger partial charge in [0.1, 0.15) is 0 Å². The van der Waals surface area contributed by atoms with E-state index in [-0.39, 0.29) is 12.7 Å². The molecule has 7 nitrogen and oxygen atoms in total. The van der Waals surface area contributed by atoms with Crippen LogP contribution in [0.2, 0.25) is 0 Å². The Labute approximate surface area is 133 Å². The van der Waals surface area contributed by atoms with Crippen LogP contribution >= 0.6 is 0 Å². The summed E-state index contributed by atoms with van der Waals surface area (Å²) in [5, 5.41) is 18.4. The predicted octanol–water partition coefficient (Wildman–Crippen LogP) is 1.46. The van der Waals surface area contributed by atoms with Gasteiger partial charge in [0.25, 0.3) is 0 Å². The van der Waals surface area contributed by atoms with E-state index in [4.69, 9.17) is 13.9 Å². The minimum absolute atomic E-state index is 0.102. The topological polar surface area (TPSA) is 80.9 Å². The summed E-state index contributed by atoms with van der Waals surface area (Å²) in [4.78, 5) is 2.14. The van der Waals surface area contributed by atoms with E-state index in [0.29, 0.717) is 24.9 Å². The molecule has 2 aromatic rings. The molecule has 1 saturated heterocycles. The quantitative estimate of drug-likeness (QED) is 0.917. The maximum absolute atomic E-state index is 10.5. The van der Waals surface area contributed by atoms with Crippen molar-refractivity contribution >= 4 is 0 Å². The molecular formula is C16H19N3O4. The minimum atomic E-state index is -0.437. The number of ether oxygens (including phenoxy) is 2. The number of hydrogen-bond donors (Lipinski definition) is 1. The fourth-order valence-electron chi connectivity index (χ4n) is 3.27. The van der Waals surface area contributed by atoms with Crippen LogP contribution in [0.15, 0.2) is 22.6 Å². The molecule has 3 heterocycles. The summed E-state index contributed by atoms with van der Waals surface area (Å²) < 4.78 is 16.2. The average molecular weight is 317 g/mol. The Balaban J connectivity index is 1.43. The van der Waals surface area contributed by atoms with Crippen LogP contribution in [0.3, 0.4) is 0 Å². The minimum Gasteiger partial charge on any atom is -0.454 e. The van der Waals surface area contributed by atoms with E-state index in [1.165, 1.54) is 0 Å². The molecule has 1 aromatic carbocycles. The van der Waals surface area contributed by atoms with E-state index in [9.17, 15) is 5.11 Å². The van der Waals surface area contributed by atoms with E-state index in [2.05, 4.69) is 15.1 Å². The van der Waals surface area contributed by atoms with Crippen LogP contribution in [-0.4, -0.2) is 46.2 Å². The molecular weight excluding hydrogens is 298 g/mol. The number of fused-ring (bicyclic) bond motifs is 1. The summed E-state index contributed by atoms with van der Waals surface area (Å²) in [7, 11) is 0. The molecule has 0 aliphatic carbocycles. The Morgan fingerprint density at radius 2 is 2.13 bits per heavy atom. The van der Waals surface area contributed by atoms with Gasteiger partial charge in [-0.15, -0.1) is 10.2 Å². The van der Waals surface area contributed by atoms with E-state index in [0.717, 1.165) is 30.0 Å². The number of aromatic nitrogens is 2. The fourth-order valence-corrected chi connectivity index (χ4v) is 3.27. The number of aliphatic hydroxyl groups is 1. The van der Waals surface area contributed by atoms with Crippen LogP contribution in [0.4, 0.5) is 0 Å². The van der Waals surface area contributed by atoms with Gasteiger partial charge >= 0.3 is 0 Å². The van der Waals surface area contributed by atoms with Crippen LogP contribution in [0.1, 0.15) is 29.7 Å². The second-order valence-electron chi connectivity index (χ2n) is 6.03. The van der Waals surface area contributed by atoms with Gasteiger partial charge in [0, 0.05) is 19.4 Å². The second kappa shape index (κ2) is 5.82.